The fourth-order valence-electron chi connectivity index (χ4n) is 1.91. The minimum Gasteiger partial charge on any atom is -0.489 e. The van der Waals surface area contributed by atoms with Crippen LogP contribution in [0.1, 0.15) is 22.3 Å². The van der Waals surface area contributed by atoms with E-state index in [1.165, 1.54) is 16.7 Å². The van der Waals surface area contributed by atoms with Crippen molar-refractivity contribution in [1.29, 1.82) is 5.26 Å². The number of aryl methyl sites for hydroxylation is 2. The van der Waals surface area contributed by atoms with Gasteiger partial charge >= 0.3 is 0 Å². The Bertz CT molecular complexity index is 594. The van der Waals surface area contributed by atoms with E-state index in [4.69, 9.17) is 10.00 Å². The highest BCUT2D eigenvalue weighted by Crippen LogP contribution is 2.17. The number of rotatable bonds is 4. The van der Waals surface area contributed by atoms with Crippen LogP contribution in [-0.2, 0) is 13.0 Å². The van der Waals surface area contributed by atoms with Crippen molar-refractivity contribution < 1.29 is 4.74 Å². The molecule has 0 heterocycles. The normalized spacial score (nSPS) is 9.95. The number of nitriles is 1. The highest BCUT2D eigenvalue weighted by atomic mass is 16.5. The van der Waals surface area contributed by atoms with Crippen molar-refractivity contribution in [3.05, 3.63) is 64.7 Å². The molecule has 19 heavy (non-hydrogen) atoms. The topological polar surface area (TPSA) is 33.0 Å². The smallest absolute Gasteiger partial charge is 0.119 e. The van der Waals surface area contributed by atoms with Gasteiger partial charge in [0, 0.05) is 0 Å². The zero-order valence-electron chi connectivity index (χ0n) is 11.3. The van der Waals surface area contributed by atoms with Crippen molar-refractivity contribution in [3.63, 3.8) is 0 Å². The highest BCUT2D eigenvalue weighted by molar-refractivity contribution is 5.32. The lowest BCUT2D eigenvalue weighted by atomic mass is 10.1. The first-order chi connectivity index (χ1) is 9.19. The van der Waals surface area contributed by atoms with Gasteiger partial charge in [0.2, 0.25) is 0 Å². The van der Waals surface area contributed by atoms with Gasteiger partial charge in [0.1, 0.15) is 12.4 Å². The summed E-state index contributed by atoms with van der Waals surface area (Å²) in [6.45, 7) is 4.75. The van der Waals surface area contributed by atoms with Crippen LogP contribution in [0.3, 0.4) is 0 Å². The van der Waals surface area contributed by atoms with Crippen LogP contribution in [0.25, 0.3) is 0 Å². The molecule has 0 spiro atoms. The summed E-state index contributed by atoms with van der Waals surface area (Å²) in [6.07, 6.45) is 0.442. The van der Waals surface area contributed by atoms with Crippen LogP contribution in [0.2, 0.25) is 0 Å². The summed E-state index contributed by atoms with van der Waals surface area (Å²) in [5.74, 6) is 0.836. The Morgan fingerprint density at radius 3 is 2.47 bits per heavy atom. The fourth-order valence-corrected chi connectivity index (χ4v) is 1.91. The molecule has 2 aromatic carbocycles. The fraction of sp³-hybridized carbons (Fsp3) is 0.235. The Kier molecular flexibility index (Phi) is 4.20. The molecule has 96 valence electrons. The summed E-state index contributed by atoms with van der Waals surface area (Å²) in [4.78, 5) is 0. The molecule has 0 bridgehead atoms. The monoisotopic (exact) mass is 251 g/mol. The first kappa shape index (κ1) is 13.2. The van der Waals surface area contributed by atoms with Crippen molar-refractivity contribution >= 4 is 0 Å². The Balaban J connectivity index is 2.02. The zero-order valence-corrected chi connectivity index (χ0v) is 11.3. The van der Waals surface area contributed by atoms with E-state index in [-0.39, 0.29) is 0 Å². The molecule has 0 saturated heterocycles. The van der Waals surface area contributed by atoms with Crippen molar-refractivity contribution in [1.82, 2.24) is 0 Å². The maximum absolute atomic E-state index is 8.62. The van der Waals surface area contributed by atoms with E-state index in [1.807, 2.05) is 24.3 Å². The molecule has 0 fully saturated rings. The molecule has 0 N–H and O–H groups in total. The van der Waals surface area contributed by atoms with E-state index in [1.54, 1.807) is 0 Å². The van der Waals surface area contributed by atoms with Gasteiger partial charge in [-0.2, -0.15) is 5.26 Å². The third-order valence-corrected chi connectivity index (χ3v) is 3.11. The molecule has 0 aliphatic heterocycles. The molecule has 2 aromatic rings. The number of ether oxygens (including phenoxy) is 1. The van der Waals surface area contributed by atoms with Crippen molar-refractivity contribution in [3.8, 4) is 11.8 Å². The molecule has 2 heteroatoms. The molecule has 2 nitrogen and oxygen atoms in total. The summed E-state index contributed by atoms with van der Waals surface area (Å²) in [6, 6.07) is 16.2. The lowest BCUT2D eigenvalue weighted by Crippen LogP contribution is -1.98. The predicted octanol–water partition coefficient (Wildman–Crippen LogP) is 3.95. The van der Waals surface area contributed by atoms with Crippen LogP contribution in [0, 0.1) is 25.2 Å². The molecule has 0 aliphatic rings. The van der Waals surface area contributed by atoms with Crippen LogP contribution in [-0.4, -0.2) is 0 Å². The third-order valence-electron chi connectivity index (χ3n) is 3.11. The average molecular weight is 251 g/mol. The molecule has 2 rings (SSSR count). The maximum Gasteiger partial charge on any atom is 0.119 e. The summed E-state index contributed by atoms with van der Waals surface area (Å²) in [7, 11) is 0. The van der Waals surface area contributed by atoms with Crippen LogP contribution in [0.15, 0.2) is 42.5 Å². The molecule has 0 saturated carbocycles. The summed E-state index contributed by atoms with van der Waals surface area (Å²) < 4.78 is 5.78. The van der Waals surface area contributed by atoms with Crippen molar-refractivity contribution in [2.24, 2.45) is 0 Å². The largest absolute Gasteiger partial charge is 0.489 e. The minimum atomic E-state index is 0.442. The molecule has 0 atom stereocenters. The number of hydrogen-bond donors (Lipinski definition) is 0. The predicted molar refractivity (Wildman–Crippen MR) is 76.0 cm³/mol. The highest BCUT2D eigenvalue weighted by Gasteiger charge is 2.01. The third kappa shape index (κ3) is 3.59. The average Bonchev–Trinajstić information content (AvgIpc) is 2.42. The summed E-state index contributed by atoms with van der Waals surface area (Å²) >= 11 is 0. The van der Waals surface area contributed by atoms with E-state index >= 15 is 0 Å². The van der Waals surface area contributed by atoms with Crippen molar-refractivity contribution in [2.75, 3.05) is 0 Å². The van der Waals surface area contributed by atoms with E-state index in [0.29, 0.717) is 13.0 Å². The van der Waals surface area contributed by atoms with Gasteiger partial charge in [0.15, 0.2) is 0 Å². The Labute approximate surface area is 114 Å². The summed E-state index contributed by atoms with van der Waals surface area (Å²) in [5, 5.41) is 8.62. The van der Waals surface area contributed by atoms with Gasteiger partial charge in [0.05, 0.1) is 12.5 Å². The van der Waals surface area contributed by atoms with Crippen LogP contribution >= 0.6 is 0 Å². The van der Waals surface area contributed by atoms with E-state index in [2.05, 4.69) is 38.1 Å². The SMILES string of the molecule is Cc1ccc(C)c(COc2ccc(CC#N)cc2)c1. The quantitative estimate of drug-likeness (QED) is 0.824. The van der Waals surface area contributed by atoms with Crippen molar-refractivity contribution in [2.45, 2.75) is 26.9 Å². The molecule has 0 unspecified atom stereocenters. The second-order valence-electron chi connectivity index (χ2n) is 4.70. The standard InChI is InChI=1S/C17H17NO/c1-13-3-4-14(2)16(11-13)12-19-17-7-5-15(6-8-17)9-10-18/h3-8,11H,9,12H2,1-2H3. The summed E-state index contributed by atoms with van der Waals surface area (Å²) in [5.41, 5.74) is 4.71. The van der Waals surface area contributed by atoms with Gasteiger partial charge in [-0.1, -0.05) is 35.9 Å². The van der Waals surface area contributed by atoms with E-state index in [9.17, 15) is 0 Å². The van der Waals surface area contributed by atoms with Crippen LogP contribution < -0.4 is 4.74 Å². The van der Waals surface area contributed by atoms with Gasteiger partial charge in [0.25, 0.3) is 0 Å². The molecule has 0 aromatic heterocycles. The number of hydrogen-bond acceptors (Lipinski definition) is 2. The number of benzene rings is 2. The van der Waals surface area contributed by atoms with E-state index < -0.39 is 0 Å². The lowest BCUT2D eigenvalue weighted by Gasteiger charge is -2.10. The molecule has 0 amide bonds. The molecule has 0 radical (unpaired) electrons. The van der Waals surface area contributed by atoms with Gasteiger partial charge in [-0.15, -0.1) is 0 Å². The zero-order chi connectivity index (χ0) is 13.7. The van der Waals surface area contributed by atoms with Gasteiger partial charge < -0.3 is 4.74 Å². The first-order valence-corrected chi connectivity index (χ1v) is 6.34. The van der Waals surface area contributed by atoms with Crippen LogP contribution in [0.5, 0.6) is 5.75 Å². The second kappa shape index (κ2) is 6.06. The van der Waals surface area contributed by atoms with Gasteiger partial charge in [-0.3, -0.25) is 0 Å². The lowest BCUT2D eigenvalue weighted by molar-refractivity contribution is 0.305. The van der Waals surface area contributed by atoms with E-state index in [0.717, 1.165) is 11.3 Å². The Morgan fingerprint density at radius 1 is 1.05 bits per heavy atom. The van der Waals surface area contributed by atoms with Gasteiger partial charge in [-0.25, -0.2) is 0 Å². The number of nitrogens with zero attached hydrogens (tertiary/aromatic N) is 1. The van der Waals surface area contributed by atoms with Crippen LogP contribution in [0.4, 0.5) is 0 Å². The molecular formula is C17H17NO. The maximum atomic E-state index is 8.62. The van der Waals surface area contributed by atoms with Gasteiger partial charge in [-0.05, 0) is 42.7 Å². The molecule has 0 aliphatic carbocycles. The first-order valence-electron chi connectivity index (χ1n) is 6.34. The second-order valence-corrected chi connectivity index (χ2v) is 4.70. The molecular weight excluding hydrogens is 234 g/mol. The minimum absolute atomic E-state index is 0.442. The Hall–Kier alpha value is -2.27. The Morgan fingerprint density at radius 2 is 1.79 bits per heavy atom.